The fourth-order valence-electron chi connectivity index (χ4n) is 2.67. The zero-order chi connectivity index (χ0) is 15.1. The average molecular weight is 292 g/mol. The Bertz CT molecular complexity index is 430. The second-order valence-electron chi connectivity index (χ2n) is 5.42. The largest absolute Gasteiger partial charge is 0.422 e. The maximum atomic E-state index is 11.8. The summed E-state index contributed by atoms with van der Waals surface area (Å²) >= 11 is 0. The van der Waals surface area contributed by atoms with Gasteiger partial charge in [-0.25, -0.2) is 4.79 Å². The van der Waals surface area contributed by atoms with Crippen LogP contribution in [-0.2, 0) is 16.0 Å². The molecule has 0 saturated carbocycles. The Morgan fingerprint density at radius 1 is 1.29 bits per heavy atom. The second kappa shape index (κ2) is 8.00. The van der Waals surface area contributed by atoms with E-state index < -0.39 is 0 Å². The van der Waals surface area contributed by atoms with Crippen molar-refractivity contribution in [1.82, 2.24) is 9.80 Å². The van der Waals surface area contributed by atoms with Crippen LogP contribution in [-0.4, -0.2) is 56.0 Å². The first-order valence-corrected chi connectivity index (χ1v) is 7.35. The molecule has 0 bridgehead atoms. The molecule has 1 saturated heterocycles. The number of methoxy groups -OCH3 is 1. The molecular weight excluding hydrogens is 268 g/mol. The number of carbonyl (C=O) groups is 1. The number of rotatable bonds is 5. The molecule has 2 rings (SSSR count). The number of benzene rings is 1. The highest BCUT2D eigenvalue weighted by Crippen LogP contribution is 2.18. The van der Waals surface area contributed by atoms with Crippen LogP contribution >= 0.6 is 0 Å². The van der Waals surface area contributed by atoms with E-state index in [1.165, 1.54) is 12.7 Å². The summed E-state index contributed by atoms with van der Waals surface area (Å²) in [6.45, 7) is 2.99. The first-order valence-electron chi connectivity index (χ1n) is 7.35. The number of nitrogens with zero attached hydrogens (tertiary/aromatic N) is 2. The van der Waals surface area contributed by atoms with Crippen molar-refractivity contribution < 1.29 is 14.3 Å². The maximum Gasteiger partial charge on any atom is 0.411 e. The van der Waals surface area contributed by atoms with Crippen LogP contribution in [0.2, 0.25) is 0 Å². The smallest absolute Gasteiger partial charge is 0.411 e. The molecule has 1 heterocycles. The van der Waals surface area contributed by atoms with Crippen LogP contribution in [0.15, 0.2) is 30.3 Å². The predicted molar refractivity (Wildman–Crippen MR) is 80.9 cm³/mol. The molecule has 1 aliphatic rings. The van der Waals surface area contributed by atoms with Crippen molar-refractivity contribution in [2.24, 2.45) is 0 Å². The standard InChI is InChI=1S/C16H24N2O3/c1-17(16(19)21-13-20-2)15-8-10-18(11-9-15)12-14-6-4-3-5-7-14/h3-7,15H,8-13H2,1-2H3. The summed E-state index contributed by atoms with van der Waals surface area (Å²) in [7, 11) is 3.31. The monoisotopic (exact) mass is 292 g/mol. The fourth-order valence-corrected chi connectivity index (χ4v) is 2.67. The predicted octanol–water partition coefficient (Wildman–Crippen LogP) is 2.32. The first-order chi connectivity index (χ1) is 10.2. The van der Waals surface area contributed by atoms with E-state index >= 15 is 0 Å². The van der Waals surface area contributed by atoms with Gasteiger partial charge in [0.1, 0.15) is 0 Å². The van der Waals surface area contributed by atoms with E-state index in [2.05, 4.69) is 29.2 Å². The van der Waals surface area contributed by atoms with Gasteiger partial charge in [0.2, 0.25) is 0 Å². The van der Waals surface area contributed by atoms with Crippen LogP contribution in [0.1, 0.15) is 18.4 Å². The normalized spacial score (nSPS) is 16.7. The Kier molecular flexibility index (Phi) is 6.02. The summed E-state index contributed by atoms with van der Waals surface area (Å²) in [6.07, 6.45) is 1.65. The molecule has 0 spiro atoms. The molecule has 0 aliphatic carbocycles. The van der Waals surface area contributed by atoms with Gasteiger partial charge in [-0.1, -0.05) is 30.3 Å². The van der Waals surface area contributed by atoms with Crippen LogP contribution in [0.4, 0.5) is 4.79 Å². The number of ether oxygens (including phenoxy) is 2. The van der Waals surface area contributed by atoms with Crippen molar-refractivity contribution in [2.75, 3.05) is 34.0 Å². The van der Waals surface area contributed by atoms with E-state index in [0.717, 1.165) is 32.5 Å². The Labute approximate surface area is 126 Å². The van der Waals surface area contributed by atoms with E-state index in [4.69, 9.17) is 9.47 Å². The van der Waals surface area contributed by atoms with E-state index in [-0.39, 0.29) is 18.9 Å². The van der Waals surface area contributed by atoms with Gasteiger partial charge in [-0.05, 0) is 18.4 Å². The highest BCUT2D eigenvalue weighted by molar-refractivity contribution is 5.67. The number of piperidine rings is 1. The molecule has 0 atom stereocenters. The minimum Gasteiger partial charge on any atom is -0.422 e. The lowest BCUT2D eigenvalue weighted by Crippen LogP contribution is -2.45. The van der Waals surface area contributed by atoms with Crippen molar-refractivity contribution in [2.45, 2.75) is 25.4 Å². The average Bonchev–Trinajstić information content (AvgIpc) is 2.53. The van der Waals surface area contributed by atoms with Crippen molar-refractivity contribution in [3.8, 4) is 0 Å². The molecule has 1 aromatic rings. The molecule has 0 radical (unpaired) electrons. The molecule has 5 heteroatoms. The van der Waals surface area contributed by atoms with Gasteiger partial charge in [0.05, 0.1) is 0 Å². The van der Waals surface area contributed by atoms with Gasteiger partial charge in [-0.15, -0.1) is 0 Å². The van der Waals surface area contributed by atoms with Gasteiger partial charge in [0, 0.05) is 39.8 Å². The number of amides is 1. The molecule has 5 nitrogen and oxygen atoms in total. The summed E-state index contributed by atoms with van der Waals surface area (Å²) in [5.41, 5.74) is 1.34. The lowest BCUT2D eigenvalue weighted by atomic mass is 10.0. The maximum absolute atomic E-state index is 11.8. The lowest BCUT2D eigenvalue weighted by Gasteiger charge is -2.36. The van der Waals surface area contributed by atoms with Crippen molar-refractivity contribution >= 4 is 6.09 Å². The number of hydrogen-bond acceptors (Lipinski definition) is 4. The summed E-state index contributed by atoms with van der Waals surface area (Å²) in [6, 6.07) is 10.7. The minimum absolute atomic E-state index is 0.00995. The number of carbonyl (C=O) groups excluding carboxylic acids is 1. The molecule has 1 aromatic carbocycles. The molecule has 0 N–H and O–H groups in total. The summed E-state index contributed by atoms with van der Waals surface area (Å²) in [5.74, 6) is 0. The zero-order valence-corrected chi connectivity index (χ0v) is 12.8. The Hall–Kier alpha value is -1.59. The van der Waals surface area contributed by atoms with Crippen LogP contribution in [0.5, 0.6) is 0 Å². The zero-order valence-electron chi connectivity index (χ0n) is 12.8. The molecule has 1 amide bonds. The Morgan fingerprint density at radius 2 is 1.95 bits per heavy atom. The topological polar surface area (TPSA) is 42.0 Å². The van der Waals surface area contributed by atoms with Gasteiger partial charge < -0.3 is 14.4 Å². The van der Waals surface area contributed by atoms with Crippen molar-refractivity contribution in [3.63, 3.8) is 0 Å². The van der Waals surface area contributed by atoms with E-state index in [1.807, 2.05) is 6.07 Å². The number of likely N-dealkylation sites (tertiary alicyclic amines) is 1. The van der Waals surface area contributed by atoms with Crippen LogP contribution < -0.4 is 0 Å². The third-order valence-corrected chi connectivity index (χ3v) is 3.94. The summed E-state index contributed by atoms with van der Waals surface area (Å²) in [4.78, 5) is 15.9. The molecule has 0 unspecified atom stereocenters. The first kappa shape index (κ1) is 15.8. The van der Waals surface area contributed by atoms with Crippen LogP contribution in [0.25, 0.3) is 0 Å². The van der Waals surface area contributed by atoms with E-state index in [1.54, 1.807) is 11.9 Å². The molecule has 0 aromatic heterocycles. The molecule has 21 heavy (non-hydrogen) atoms. The third kappa shape index (κ3) is 4.72. The number of hydrogen-bond donors (Lipinski definition) is 0. The van der Waals surface area contributed by atoms with Crippen LogP contribution in [0.3, 0.4) is 0 Å². The van der Waals surface area contributed by atoms with E-state index in [9.17, 15) is 4.79 Å². The Morgan fingerprint density at radius 3 is 2.57 bits per heavy atom. The summed E-state index contributed by atoms with van der Waals surface area (Å²) < 4.78 is 9.74. The quantitative estimate of drug-likeness (QED) is 0.781. The summed E-state index contributed by atoms with van der Waals surface area (Å²) in [5, 5.41) is 0. The van der Waals surface area contributed by atoms with Crippen molar-refractivity contribution in [1.29, 1.82) is 0 Å². The van der Waals surface area contributed by atoms with Gasteiger partial charge in [0.25, 0.3) is 0 Å². The van der Waals surface area contributed by atoms with Gasteiger partial charge in [0.15, 0.2) is 6.79 Å². The molecular formula is C16H24N2O3. The van der Waals surface area contributed by atoms with Gasteiger partial charge in [-0.2, -0.15) is 0 Å². The second-order valence-corrected chi connectivity index (χ2v) is 5.42. The lowest BCUT2D eigenvalue weighted by molar-refractivity contribution is -0.00985. The minimum atomic E-state index is -0.307. The van der Waals surface area contributed by atoms with E-state index in [0.29, 0.717) is 0 Å². The molecule has 1 fully saturated rings. The molecule has 1 aliphatic heterocycles. The van der Waals surface area contributed by atoms with Crippen LogP contribution in [0, 0.1) is 0 Å². The highest BCUT2D eigenvalue weighted by atomic mass is 16.7. The van der Waals surface area contributed by atoms with Gasteiger partial charge in [-0.3, -0.25) is 4.90 Å². The Balaban J connectivity index is 1.76. The van der Waals surface area contributed by atoms with Gasteiger partial charge >= 0.3 is 6.09 Å². The van der Waals surface area contributed by atoms with Crippen molar-refractivity contribution in [3.05, 3.63) is 35.9 Å². The fraction of sp³-hybridized carbons (Fsp3) is 0.562. The third-order valence-electron chi connectivity index (χ3n) is 3.94. The highest BCUT2D eigenvalue weighted by Gasteiger charge is 2.26. The molecule has 116 valence electrons. The SMILES string of the molecule is COCOC(=O)N(C)C1CCN(Cc2ccccc2)CC1.